The van der Waals surface area contributed by atoms with E-state index in [4.69, 9.17) is 0 Å². The van der Waals surface area contributed by atoms with Crippen molar-refractivity contribution in [2.75, 3.05) is 0 Å². The summed E-state index contributed by atoms with van der Waals surface area (Å²) in [5, 5.41) is 0. The molecule has 3 aromatic rings. The van der Waals surface area contributed by atoms with Crippen LogP contribution in [0.25, 0.3) is 22.3 Å². The largest absolute Gasteiger partial charge is 0.0614 e. The first-order valence-electron chi connectivity index (χ1n) is 7.06. The van der Waals surface area contributed by atoms with Crippen molar-refractivity contribution in [3.05, 3.63) is 81.4 Å². The van der Waals surface area contributed by atoms with Gasteiger partial charge < -0.3 is 0 Å². The van der Waals surface area contributed by atoms with Crippen molar-refractivity contribution in [1.82, 2.24) is 0 Å². The quantitative estimate of drug-likeness (QED) is 0.459. The highest BCUT2D eigenvalue weighted by molar-refractivity contribution is 14.1. The molecule has 21 heavy (non-hydrogen) atoms. The van der Waals surface area contributed by atoms with Crippen molar-refractivity contribution in [3.63, 3.8) is 0 Å². The van der Waals surface area contributed by atoms with E-state index in [1.165, 1.54) is 37.0 Å². The predicted molar refractivity (Wildman–Crippen MR) is 99.5 cm³/mol. The van der Waals surface area contributed by atoms with E-state index in [1.807, 2.05) is 0 Å². The van der Waals surface area contributed by atoms with Crippen LogP contribution in [0, 0.1) is 17.4 Å². The Morgan fingerprint density at radius 2 is 1.05 bits per heavy atom. The molecule has 0 aliphatic carbocycles. The Morgan fingerprint density at radius 3 is 1.48 bits per heavy atom. The molecule has 104 valence electrons. The van der Waals surface area contributed by atoms with E-state index in [1.54, 1.807) is 0 Å². The molecule has 0 spiro atoms. The molecule has 0 saturated heterocycles. The Labute approximate surface area is 140 Å². The minimum atomic E-state index is 1.27. The molecule has 3 rings (SSSR count). The third-order valence-electron chi connectivity index (χ3n) is 3.60. The van der Waals surface area contributed by atoms with Gasteiger partial charge in [-0.2, -0.15) is 0 Å². The van der Waals surface area contributed by atoms with E-state index >= 15 is 0 Å². The number of benzene rings is 3. The topological polar surface area (TPSA) is 0 Å². The standard InChI is InChI=1S/C20H17I/c1-14-5-3-7-16(9-14)18-11-19(13-20(21)12-18)17-8-4-6-15(2)10-17/h3-13H,1-2H3. The molecule has 0 saturated carbocycles. The van der Waals surface area contributed by atoms with Crippen LogP contribution in [0.2, 0.25) is 0 Å². The molecule has 0 atom stereocenters. The van der Waals surface area contributed by atoms with E-state index in [0.29, 0.717) is 0 Å². The Balaban J connectivity index is 2.12. The number of halogens is 1. The minimum Gasteiger partial charge on any atom is -0.0614 e. The number of hydrogen-bond donors (Lipinski definition) is 0. The van der Waals surface area contributed by atoms with Crippen molar-refractivity contribution < 1.29 is 0 Å². The van der Waals surface area contributed by atoms with Crippen LogP contribution in [0.15, 0.2) is 66.7 Å². The van der Waals surface area contributed by atoms with Gasteiger partial charge in [0.2, 0.25) is 0 Å². The van der Waals surface area contributed by atoms with Gasteiger partial charge in [-0.1, -0.05) is 59.7 Å². The van der Waals surface area contributed by atoms with Crippen molar-refractivity contribution in [1.29, 1.82) is 0 Å². The van der Waals surface area contributed by atoms with Crippen LogP contribution in [0.1, 0.15) is 11.1 Å². The summed E-state index contributed by atoms with van der Waals surface area (Å²) >= 11 is 2.40. The zero-order valence-electron chi connectivity index (χ0n) is 12.2. The average Bonchev–Trinajstić information content (AvgIpc) is 2.46. The fourth-order valence-electron chi connectivity index (χ4n) is 2.57. The minimum absolute atomic E-state index is 1.27. The Morgan fingerprint density at radius 1 is 0.571 bits per heavy atom. The van der Waals surface area contributed by atoms with Gasteiger partial charge in [0.05, 0.1) is 0 Å². The van der Waals surface area contributed by atoms with Gasteiger partial charge in [0.1, 0.15) is 0 Å². The molecule has 0 N–H and O–H groups in total. The first-order chi connectivity index (χ1) is 10.1. The highest BCUT2D eigenvalue weighted by Crippen LogP contribution is 2.29. The second-order valence-corrected chi connectivity index (χ2v) is 6.71. The van der Waals surface area contributed by atoms with Crippen molar-refractivity contribution in [2.24, 2.45) is 0 Å². The van der Waals surface area contributed by atoms with E-state index < -0.39 is 0 Å². The first kappa shape index (κ1) is 14.3. The molecule has 0 fully saturated rings. The van der Waals surface area contributed by atoms with E-state index in [0.717, 1.165) is 0 Å². The molecule has 1 heteroatoms. The van der Waals surface area contributed by atoms with Crippen molar-refractivity contribution in [2.45, 2.75) is 13.8 Å². The molecule has 0 aliphatic rings. The maximum absolute atomic E-state index is 2.40. The number of aryl methyl sites for hydroxylation is 2. The predicted octanol–water partition coefficient (Wildman–Crippen LogP) is 6.24. The molecule has 0 bridgehead atoms. The van der Waals surface area contributed by atoms with Crippen molar-refractivity contribution in [3.8, 4) is 22.3 Å². The lowest BCUT2D eigenvalue weighted by Crippen LogP contribution is -1.85. The molecule has 0 heterocycles. The Kier molecular flexibility index (Phi) is 4.11. The Hall–Kier alpha value is -1.61. The summed E-state index contributed by atoms with van der Waals surface area (Å²) in [6.07, 6.45) is 0. The summed E-state index contributed by atoms with van der Waals surface area (Å²) in [6, 6.07) is 24.1. The zero-order valence-corrected chi connectivity index (χ0v) is 14.4. The summed E-state index contributed by atoms with van der Waals surface area (Å²) < 4.78 is 1.27. The van der Waals surface area contributed by atoms with Gasteiger partial charge in [0.25, 0.3) is 0 Å². The number of hydrogen-bond acceptors (Lipinski definition) is 0. The average molecular weight is 384 g/mol. The third kappa shape index (κ3) is 3.35. The number of rotatable bonds is 2. The van der Waals surface area contributed by atoms with Crippen LogP contribution < -0.4 is 0 Å². The first-order valence-corrected chi connectivity index (χ1v) is 8.14. The zero-order chi connectivity index (χ0) is 14.8. The summed E-state index contributed by atoms with van der Waals surface area (Å²) in [4.78, 5) is 0. The van der Waals surface area contributed by atoms with Gasteiger partial charge in [-0.15, -0.1) is 0 Å². The molecular weight excluding hydrogens is 367 g/mol. The van der Waals surface area contributed by atoms with Crippen LogP contribution in [0.3, 0.4) is 0 Å². The van der Waals surface area contributed by atoms with E-state index in [9.17, 15) is 0 Å². The highest BCUT2D eigenvalue weighted by atomic mass is 127. The lowest BCUT2D eigenvalue weighted by Gasteiger charge is -2.09. The van der Waals surface area contributed by atoms with Gasteiger partial charge in [-0.3, -0.25) is 0 Å². The van der Waals surface area contributed by atoms with Crippen LogP contribution >= 0.6 is 22.6 Å². The fourth-order valence-corrected chi connectivity index (χ4v) is 3.24. The highest BCUT2D eigenvalue weighted by Gasteiger charge is 2.05. The SMILES string of the molecule is Cc1cccc(-c2cc(I)cc(-c3cccc(C)c3)c2)c1. The molecule has 0 nitrogen and oxygen atoms in total. The summed E-state index contributed by atoms with van der Waals surface area (Å²) in [5.74, 6) is 0. The van der Waals surface area contributed by atoms with Gasteiger partial charge in [0, 0.05) is 3.57 Å². The van der Waals surface area contributed by atoms with Crippen molar-refractivity contribution >= 4 is 22.6 Å². The van der Waals surface area contributed by atoms with Crippen LogP contribution in [-0.2, 0) is 0 Å². The van der Waals surface area contributed by atoms with Crippen LogP contribution in [0.5, 0.6) is 0 Å². The van der Waals surface area contributed by atoms with Gasteiger partial charge in [-0.25, -0.2) is 0 Å². The van der Waals surface area contributed by atoms with Gasteiger partial charge >= 0.3 is 0 Å². The lowest BCUT2D eigenvalue weighted by molar-refractivity contribution is 1.45. The molecule has 0 radical (unpaired) electrons. The summed E-state index contributed by atoms with van der Waals surface area (Å²) in [5.41, 5.74) is 7.71. The third-order valence-corrected chi connectivity index (χ3v) is 4.22. The smallest absolute Gasteiger partial charge is 0.0142 e. The molecule has 0 aliphatic heterocycles. The molecular formula is C20H17I. The molecule has 0 amide bonds. The second kappa shape index (κ2) is 6.02. The van der Waals surface area contributed by atoms with Gasteiger partial charge in [0.15, 0.2) is 0 Å². The van der Waals surface area contributed by atoms with Crippen LogP contribution in [-0.4, -0.2) is 0 Å². The lowest BCUT2D eigenvalue weighted by atomic mass is 9.97. The maximum atomic E-state index is 2.40. The normalized spacial score (nSPS) is 10.6. The van der Waals surface area contributed by atoms with E-state index in [2.05, 4.69) is 103 Å². The molecule has 0 unspecified atom stereocenters. The maximum Gasteiger partial charge on any atom is 0.0142 e. The molecule has 3 aromatic carbocycles. The van der Waals surface area contributed by atoms with Crippen LogP contribution in [0.4, 0.5) is 0 Å². The fraction of sp³-hybridized carbons (Fsp3) is 0.100. The second-order valence-electron chi connectivity index (χ2n) is 5.47. The van der Waals surface area contributed by atoms with E-state index in [-0.39, 0.29) is 0 Å². The summed E-state index contributed by atoms with van der Waals surface area (Å²) in [6.45, 7) is 4.28. The Bertz CT molecular complexity index is 724. The summed E-state index contributed by atoms with van der Waals surface area (Å²) in [7, 11) is 0. The monoisotopic (exact) mass is 384 g/mol. The molecule has 0 aromatic heterocycles. The van der Waals surface area contributed by atoms with Gasteiger partial charge in [-0.05, 0) is 76.9 Å².